The molecule has 1 aromatic rings. The predicted octanol–water partition coefficient (Wildman–Crippen LogP) is 4.33. The first kappa shape index (κ1) is 18.0. The molecule has 1 N–H and O–H groups in total. The van der Waals surface area contributed by atoms with Crippen molar-refractivity contribution in [2.24, 2.45) is 0 Å². The third kappa shape index (κ3) is 7.49. The maximum absolute atomic E-state index is 5.77. The molecular weight excluding hydrogens is 262 g/mol. The van der Waals surface area contributed by atoms with Gasteiger partial charge in [-0.3, -0.25) is 0 Å². The molecule has 0 saturated heterocycles. The summed E-state index contributed by atoms with van der Waals surface area (Å²) in [5.74, 6) is 0.950. The fourth-order valence-corrected chi connectivity index (χ4v) is 2.01. The van der Waals surface area contributed by atoms with E-state index in [1.165, 1.54) is 5.56 Å². The lowest BCUT2D eigenvalue weighted by Gasteiger charge is -2.21. The van der Waals surface area contributed by atoms with E-state index in [1.54, 1.807) is 0 Å². The zero-order chi connectivity index (χ0) is 15.5. The van der Waals surface area contributed by atoms with E-state index in [9.17, 15) is 0 Å². The molecule has 0 aromatic heterocycles. The fraction of sp³-hybridized carbons (Fsp3) is 0.667. The molecule has 0 aliphatic rings. The van der Waals surface area contributed by atoms with E-state index < -0.39 is 0 Å². The van der Waals surface area contributed by atoms with Crippen LogP contribution in [0.2, 0.25) is 0 Å². The molecule has 21 heavy (non-hydrogen) atoms. The molecular formula is C18H31NO2. The van der Waals surface area contributed by atoms with Crippen molar-refractivity contribution in [2.45, 2.75) is 59.1 Å². The summed E-state index contributed by atoms with van der Waals surface area (Å²) >= 11 is 0. The molecule has 120 valence electrons. The first-order valence-corrected chi connectivity index (χ1v) is 8.25. The Morgan fingerprint density at radius 1 is 1.05 bits per heavy atom. The van der Waals surface area contributed by atoms with Gasteiger partial charge in [-0.25, -0.2) is 0 Å². The van der Waals surface area contributed by atoms with Crippen LogP contribution in [0.3, 0.4) is 0 Å². The Hall–Kier alpha value is -1.06. The highest BCUT2D eigenvalue weighted by atomic mass is 16.5. The summed E-state index contributed by atoms with van der Waals surface area (Å²) in [7, 11) is 0. The van der Waals surface area contributed by atoms with E-state index in [0.717, 1.165) is 38.2 Å². The van der Waals surface area contributed by atoms with Gasteiger partial charge in [-0.2, -0.15) is 0 Å². The number of nitrogens with one attached hydrogen (secondary N) is 1. The molecule has 1 rings (SSSR count). The monoisotopic (exact) mass is 293 g/mol. The molecule has 1 unspecified atom stereocenters. The molecule has 3 nitrogen and oxygen atoms in total. The number of ether oxygens (including phenoxy) is 2. The third-order valence-electron chi connectivity index (χ3n) is 3.29. The number of hydrogen-bond acceptors (Lipinski definition) is 3. The first-order valence-electron chi connectivity index (χ1n) is 8.25. The van der Waals surface area contributed by atoms with Gasteiger partial charge in [0.2, 0.25) is 0 Å². The van der Waals surface area contributed by atoms with Gasteiger partial charge in [0.1, 0.15) is 5.75 Å². The van der Waals surface area contributed by atoms with Gasteiger partial charge < -0.3 is 14.8 Å². The van der Waals surface area contributed by atoms with Gasteiger partial charge in [0.15, 0.2) is 0 Å². The molecule has 0 fully saturated rings. The van der Waals surface area contributed by atoms with Crippen molar-refractivity contribution < 1.29 is 9.47 Å². The first-order chi connectivity index (χ1) is 10.2. The maximum atomic E-state index is 5.77. The van der Waals surface area contributed by atoms with Crippen molar-refractivity contribution in [3.63, 3.8) is 0 Å². The minimum Gasteiger partial charge on any atom is -0.494 e. The molecule has 0 radical (unpaired) electrons. The Kier molecular flexibility index (Phi) is 9.11. The van der Waals surface area contributed by atoms with Crippen molar-refractivity contribution in [1.82, 2.24) is 5.32 Å². The molecule has 0 amide bonds. The molecule has 0 aliphatic carbocycles. The number of hydrogen-bond donors (Lipinski definition) is 1. The van der Waals surface area contributed by atoms with Crippen LogP contribution in [0.25, 0.3) is 0 Å². The van der Waals surface area contributed by atoms with Crippen LogP contribution in [-0.4, -0.2) is 25.9 Å². The normalized spacial score (nSPS) is 12.6. The van der Waals surface area contributed by atoms with E-state index in [1.807, 2.05) is 0 Å². The van der Waals surface area contributed by atoms with E-state index >= 15 is 0 Å². The predicted molar refractivity (Wildman–Crippen MR) is 89.0 cm³/mol. The summed E-state index contributed by atoms with van der Waals surface area (Å²) in [6.45, 7) is 11.0. The van der Waals surface area contributed by atoms with E-state index in [0.29, 0.717) is 6.61 Å². The van der Waals surface area contributed by atoms with Gasteiger partial charge in [0.05, 0.1) is 25.4 Å². The highest BCUT2D eigenvalue weighted by Gasteiger charge is 2.11. The van der Waals surface area contributed by atoms with Crippen LogP contribution in [-0.2, 0) is 4.74 Å². The maximum Gasteiger partial charge on any atom is 0.119 e. The van der Waals surface area contributed by atoms with Crippen molar-refractivity contribution in [3.05, 3.63) is 29.8 Å². The van der Waals surface area contributed by atoms with Crippen LogP contribution in [0.15, 0.2) is 24.3 Å². The number of rotatable bonds is 11. The van der Waals surface area contributed by atoms with Crippen molar-refractivity contribution >= 4 is 0 Å². The van der Waals surface area contributed by atoms with Crippen LogP contribution >= 0.6 is 0 Å². The van der Waals surface area contributed by atoms with Crippen LogP contribution in [0, 0.1) is 0 Å². The van der Waals surface area contributed by atoms with Gasteiger partial charge in [0, 0.05) is 0 Å². The van der Waals surface area contributed by atoms with Crippen LogP contribution < -0.4 is 10.1 Å². The Morgan fingerprint density at radius 2 is 1.76 bits per heavy atom. The topological polar surface area (TPSA) is 30.5 Å². The SMILES string of the molecule is CCCCOc1ccc(C(COC(C)C)NCCC)cc1. The zero-order valence-corrected chi connectivity index (χ0v) is 14.0. The van der Waals surface area contributed by atoms with Crippen LogP contribution in [0.5, 0.6) is 5.75 Å². The standard InChI is InChI=1S/C18H31NO2/c1-5-7-13-20-17-10-8-16(9-11-17)18(19-12-6-2)14-21-15(3)4/h8-11,15,18-19H,5-7,12-14H2,1-4H3. The third-order valence-corrected chi connectivity index (χ3v) is 3.29. The molecule has 0 aliphatic heterocycles. The fourth-order valence-electron chi connectivity index (χ4n) is 2.01. The minimum atomic E-state index is 0.247. The average molecular weight is 293 g/mol. The summed E-state index contributed by atoms with van der Waals surface area (Å²) in [4.78, 5) is 0. The Morgan fingerprint density at radius 3 is 2.33 bits per heavy atom. The van der Waals surface area contributed by atoms with Gasteiger partial charge >= 0.3 is 0 Å². The second-order valence-corrected chi connectivity index (χ2v) is 5.66. The molecule has 1 atom stereocenters. The summed E-state index contributed by atoms with van der Waals surface area (Å²) in [6, 6.07) is 8.63. The minimum absolute atomic E-state index is 0.247. The molecule has 1 aromatic carbocycles. The molecule has 0 spiro atoms. The second-order valence-electron chi connectivity index (χ2n) is 5.66. The largest absolute Gasteiger partial charge is 0.494 e. The smallest absolute Gasteiger partial charge is 0.119 e. The van der Waals surface area contributed by atoms with Crippen LogP contribution in [0.1, 0.15) is 58.6 Å². The van der Waals surface area contributed by atoms with E-state index in [4.69, 9.17) is 9.47 Å². The molecule has 0 heterocycles. The van der Waals surface area contributed by atoms with E-state index in [2.05, 4.69) is 57.3 Å². The molecule has 3 heteroatoms. The summed E-state index contributed by atoms with van der Waals surface area (Å²) in [5, 5.41) is 3.55. The van der Waals surface area contributed by atoms with Gasteiger partial charge in [-0.1, -0.05) is 32.4 Å². The Bertz CT molecular complexity index is 362. The van der Waals surface area contributed by atoms with Crippen molar-refractivity contribution in [1.29, 1.82) is 0 Å². The van der Waals surface area contributed by atoms with Crippen LogP contribution in [0.4, 0.5) is 0 Å². The highest BCUT2D eigenvalue weighted by molar-refractivity contribution is 5.29. The lowest BCUT2D eigenvalue weighted by atomic mass is 10.1. The summed E-state index contributed by atoms with van der Waals surface area (Å²) in [5.41, 5.74) is 1.26. The second kappa shape index (κ2) is 10.6. The summed E-state index contributed by atoms with van der Waals surface area (Å²) in [6.07, 6.45) is 3.64. The number of unbranched alkanes of at least 4 members (excludes halogenated alkanes) is 1. The van der Waals surface area contributed by atoms with Gasteiger partial charge in [-0.05, 0) is 50.9 Å². The van der Waals surface area contributed by atoms with Crippen molar-refractivity contribution in [2.75, 3.05) is 19.8 Å². The number of benzene rings is 1. The van der Waals surface area contributed by atoms with E-state index in [-0.39, 0.29) is 12.1 Å². The molecule has 0 bridgehead atoms. The summed E-state index contributed by atoms with van der Waals surface area (Å²) < 4.78 is 11.5. The Balaban J connectivity index is 2.59. The quantitative estimate of drug-likeness (QED) is 0.616. The van der Waals surface area contributed by atoms with Gasteiger partial charge in [0.25, 0.3) is 0 Å². The molecule has 0 saturated carbocycles. The Labute approximate surface area is 130 Å². The average Bonchev–Trinajstić information content (AvgIpc) is 2.48. The lowest BCUT2D eigenvalue weighted by Crippen LogP contribution is -2.27. The lowest BCUT2D eigenvalue weighted by molar-refractivity contribution is 0.0611. The highest BCUT2D eigenvalue weighted by Crippen LogP contribution is 2.19. The van der Waals surface area contributed by atoms with Gasteiger partial charge in [-0.15, -0.1) is 0 Å². The van der Waals surface area contributed by atoms with Crippen molar-refractivity contribution in [3.8, 4) is 5.75 Å². The zero-order valence-electron chi connectivity index (χ0n) is 14.0.